The van der Waals surface area contributed by atoms with E-state index in [2.05, 4.69) is 5.32 Å². The molecule has 5 heteroatoms. The summed E-state index contributed by atoms with van der Waals surface area (Å²) in [5.74, 6) is 0.800. The largest absolute Gasteiger partial charge is 0.494 e. The highest BCUT2D eigenvalue weighted by Crippen LogP contribution is 2.20. The second kappa shape index (κ2) is 7.13. The molecule has 2 N–H and O–H groups in total. The van der Waals surface area contributed by atoms with Crippen LogP contribution in [0, 0.1) is 0 Å². The second-order valence-corrected chi connectivity index (χ2v) is 5.31. The highest BCUT2D eigenvalue weighted by Gasteiger charge is 2.26. The Labute approximate surface area is 129 Å². The number of aliphatic hydroxyl groups is 1. The highest BCUT2D eigenvalue weighted by molar-refractivity contribution is 5.94. The molecule has 1 aromatic heterocycles. The topological polar surface area (TPSA) is 71.7 Å². The Bertz CT molecular complexity index is 605. The number of ether oxygens (including phenoxy) is 1. The van der Waals surface area contributed by atoms with E-state index >= 15 is 0 Å². The zero-order valence-corrected chi connectivity index (χ0v) is 12.8. The van der Waals surface area contributed by atoms with Gasteiger partial charge in [-0.3, -0.25) is 4.79 Å². The molecule has 1 aromatic carbocycles. The number of nitrogens with one attached hydrogen (secondary N) is 1. The van der Waals surface area contributed by atoms with Crippen molar-refractivity contribution in [3.63, 3.8) is 0 Å². The van der Waals surface area contributed by atoms with E-state index in [1.54, 1.807) is 37.3 Å². The molecule has 1 amide bonds. The molecule has 0 saturated carbocycles. The fraction of sp³-hybridized carbons (Fsp3) is 0.353. The summed E-state index contributed by atoms with van der Waals surface area (Å²) in [5, 5.41) is 13.0. The molecule has 1 atom stereocenters. The van der Waals surface area contributed by atoms with Gasteiger partial charge in [-0.2, -0.15) is 0 Å². The Hall–Kier alpha value is -2.27. The van der Waals surface area contributed by atoms with Crippen molar-refractivity contribution in [3.05, 3.63) is 54.0 Å². The van der Waals surface area contributed by atoms with Crippen LogP contribution < -0.4 is 10.1 Å². The van der Waals surface area contributed by atoms with Crippen LogP contribution in [0.5, 0.6) is 5.75 Å². The molecule has 118 valence electrons. The summed E-state index contributed by atoms with van der Waals surface area (Å²) >= 11 is 0. The maximum absolute atomic E-state index is 12.2. The van der Waals surface area contributed by atoms with Gasteiger partial charge in [0.15, 0.2) is 0 Å². The van der Waals surface area contributed by atoms with Gasteiger partial charge in [-0.25, -0.2) is 0 Å². The van der Waals surface area contributed by atoms with Gasteiger partial charge in [0, 0.05) is 5.56 Å². The first-order chi connectivity index (χ1) is 10.5. The molecule has 0 aliphatic rings. The van der Waals surface area contributed by atoms with E-state index in [1.807, 2.05) is 13.0 Å². The predicted molar refractivity (Wildman–Crippen MR) is 82.8 cm³/mol. The third-order valence-electron chi connectivity index (χ3n) is 3.21. The first kappa shape index (κ1) is 16.1. The maximum Gasteiger partial charge on any atom is 0.251 e. The predicted octanol–water partition coefficient (Wildman–Crippen LogP) is 2.71. The van der Waals surface area contributed by atoms with Crippen molar-refractivity contribution in [1.82, 2.24) is 5.32 Å². The molecule has 0 saturated heterocycles. The van der Waals surface area contributed by atoms with Gasteiger partial charge in [-0.1, -0.05) is 13.0 Å². The van der Waals surface area contributed by atoms with E-state index in [1.165, 1.54) is 6.26 Å². The van der Waals surface area contributed by atoms with Crippen LogP contribution >= 0.6 is 0 Å². The average molecular weight is 303 g/mol. The lowest BCUT2D eigenvalue weighted by Crippen LogP contribution is -2.38. The molecular weight excluding hydrogens is 282 g/mol. The number of rotatable bonds is 7. The highest BCUT2D eigenvalue weighted by atomic mass is 16.5. The molecular formula is C17H21NO4. The van der Waals surface area contributed by atoms with Gasteiger partial charge in [0.05, 0.1) is 19.4 Å². The number of hydrogen-bond acceptors (Lipinski definition) is 4. The Morgan fingerprint density at radius 1 is 1.36 bits per heavy atom. The van der Waals surface area contributed by atoms with Crippen LogP contribution in [-0.2, 0) is 5.60 Å². The lowest BCUT2D eigenvalue weighted by Gasteiger charge is -2.21. The first-order valence-electron chi connectivity index (χ1n) is 7.30. The molecule has 22 heavy (non-hydrogen) atoms. The Balaban J connectivity index is 1.97. The maximum atomic E-state index is 12.2. The number of amides is 1. The van der Waals surface area contributed by atoms with Crippen molar-refractivity contribution in [2.75, 3.05) is 13.2 Å². The minimum atomic E-state index is -1.25. The standard InChI is InChI=1S/C17H21NO4/c1-3-9-21-14-7-4-6-13(11-14)16(19)18-12-17(2,20)15-8-5-10-22-15/h4-8,10-11,20H,3,9,12H2,1-2H3,(H,18,19). The van der Waals surface area contributed by atoms with E-state index in [9.17, 15) is 9.90 Å². The monoisotopic (exact) mass is 303 g/mol. The first-order valence-corrected chi connectivity index (χ1v) is 7.30. The summed E-state index contributed by atoms with van der Waals surface area (Å²) in [6.45, 7) is 4.28. The minimum Gasteiger partial charge on any atom is -0.494 e. The Morgan fingerprint density at radius 3 is 2.86 bits per heavy atom. The molecule has 1 unspecified atom stereocenters. The Morgan fingerprint density at radius 2 is 2.18 bits per heavy atom. The summed E-state index contributed by atoms with van der Waals surface area (Å²) in [6.07, 6.45) is 2.39. The van der Waals surface area contributed by atoms with Crippen LogP contribution in [0.1, 0.15) is 36.4 Å². The van der Waals surface area contributed by atoms with E-state index in [4.69, 9.17) is 9.15 Å². The number of benzene rings is 1. The van der Waals surface area contributed by atoms with Gasteiger partial charge >= 0.3 is 0 Å². The van der Waals surface area contributed by atoms with E-state index in [0.29, 0.717) is 23.7 Å². The number of carbonyl (C=O) groups is 1. The minimum absolute atomic E-state index is 0.0550. The van der Waals surface area contributed by atoms with Crippen LogP contribution in [0.4, 0.5) is 0 Å². The smallest absolute Gasteiger partial charge is 0.251 e. The summed E-state index contributed by atoms with van der Waals surface area (Å²) in [7, 11) is 0. The molecule has 2 rings (SSSR count). The molecule has 0 radical (unpaired) electrons. The fourth-order valence-electron chi connectivity index (χ4n) is 1.97. The SMILES string of the molecule is CCCOc1cccc(C(=O)NCC(C)(O)c2ccco2)c1. The summed E-state index contributed by atoms with van der Waals surface area (Å²) in [5.41, 5.74) is -0.765. The van der Waals surface area contributed by atoms with Crippen LogP contribution in [0.25, 0.3) is 0 Å². The Kier molecular flexibility index (Phi) is 5.22. The fourth-order valence-corrected chi connectivity index (χ4v) is 1.97. The molecule has 0 fully saturated rings. The molecule has 0 aliphatic heterocycles. The average Bonchev–Trinajstić information content (AvgIpc) is 3.06. The number of hydrogen-bond donors (Lipinski definition) is 2. The van der Waals surface area contributed by atoms with Gasteiger partial charge in [0.1, 0.15) is 17.1 Å². The van der Waals surface area contributed by atoms with Crippen LogP contribution in [0.2, 0.25) is 0 Å². The molecule has 5 nitrogen and oxygen atoms in total. The zero-order valence-electron chi connectivity index (χ0n) is 12.8. The summed E-state index contributed by atoms with van der Waals surface area (Å²) in [6, 6.07) is 10.3. The van der Waals surface area contributed by atoms with Crippen molar-refractivity contribution in [2.45, 2.75) is 25.9 Å². The molecule has 0 bridgehead atoms. The summed E-state index contributed by atoms with van der Waals surface area (Å²) < 4.78 is 10.7. The van der Waals surface area contributed by atoms with Gasteiger partial charge in [-0.15, -0.1) is 0 Å². The van der Waals surface area contributed by atoms with Crippen molar-refractivity contribution in [1.29, 1.82) is 0 Å². The molecule has 0 spiro atoms. The van der Waals surface area contributed by atoms with Crippen molar-refractivity contribution >= 4 is 5.91 Å². The van der Waals surface area contributed by atoms with Gasteiger partial charge < -0.3 is 19.6 Å². The van der Waals surface area contributed by atoms with Crippen LogP contribution in [-0.4, -0.2) is 24.2 Å². The van der Waals surface area contributed by atoms with E-state index in [-0.39, 0.29) is 12.5 Å². The van der Waals surface area contributed by atoms with Crippen molar-refractivity contribution in [3.8, 4) is 5.75 Å². The third kappa shape index (κ3) is 4.11. The lowest BCUT2D eigenvalue weighted by atomic mass is 10.0. The third-order valence-corrected chi connectivity index (χ3v) is 3.21. The summed E-state index contributed by atoms with van der Waals surface area (Å²) in [4.78, 5) is 12.2. The van der Waals surface area contributed by atoms with Crippen molar-refractivity contribution < 1.29 is 19.1 Å². The molecule has 2 aromatic rings. The normalized spacial score (nSPS) is 13.4. The van der Waals surface area contributed by atoms with E-state index in [0.717, 1.165) is 6.42 Å². The molecule has 1 heterocycles. The van der Waals surface area contributed by atoms with Crippen molar-refractivity contribution in [2.24, 2.45) is 0 Å². The zero-order chi connectivity index (χ0) is 16.0. The van der Waals surface area contributed by atoms with Crippen LogP contribution in [0.15, 0.2) is 47.1 Å². The van der Waals surface area contributed by atoms with Gasteiger partial charge in [-0.05, 0) is 43.7 Å². The van der Waals surface area contributed by atoms with Gasteiger partial charge in [0.2, 0.25) is 0 Å². The quantitative estimate of drug-likeness (QED) is 0.825. The second-order valence-electron chi connectivity index (χ2n) is 5.31. The number of furan rings is 1. The van der Waals surface area contributed by atoms with E-state index < -0.39 is 5.60 Å². The van der Waals surface area contributed by atoms with Crippen LogP contribution in [0.3, 0.4) is 0 Å². The van der Waals surface area contributed by atoms with Gasteiger partial charge in [0.25, 0.3) is 5.91 Å². The molecule has 0 aliphatic carbocycles. The lowest BCUT2D eigenvalue weighted by molar-refractivity contribution is 0.0330. The number of carbonyl (C=O) groups excluding carboxylic acids is 1.